The summed E-state index contributed by atoms with van der Waals surface area (Å²) in [7, 11) is 0. The van der Waals surface area contributed by atoms with E-state index in [4.69, 9.17) is 52.5 Å². The standard InChI is InChI=1S/C38H74O12/c1-2-3-4-5-6-7-8-9-10-11-12-13-14-15-16-17-18-41-19-20-42-21-22-43-23-24-44-25-26-45-27-28-46-29-30-47-31-32-48-33-34-49-35-36-50-37-38(39)40/h9-10H,2-8,11-37H2,1H3,(H,39,40). The van der Waals surface area contributed by atoms with Gasteiger partial charge in [0.25, 0.3) is 0 Å². The minimum absolute atomic E-state index is 0.246. The third kappa shape index (κ3) is 46.8. The quantitative estimate of drug-likeness (QED) is 0.0562. The average molecular weight is 723 g/mol. The van der Waals surface area contributed by atoms with Crippen molar-refractivity contribution in [2.45, 2.75) is 96.8 Å². The molecule has 0 amide bonds. The Balaban J connectivity index is 3.07. The van der Waals surface area contributed by atoms with Crippen LogP contribution in [0, 0.1) is 0 Å². The van der Waals surface area contributed by atoms with Crippen LogP contribution in [0.15, 0.2) is 12.2 Å². The predicted octanol–water partition coefficient (Wildman–Crippen LogP) is 6.27. The zero-order valence-corrected chi connectivity index (χ0v) is 31.6. The first-order valence-electron chi connectivity index (χ1n) is 19.4. The molecule has 0 heterocycles. The van der Waals surface area contributed by atoms with Crippen LogP contribution in [0.4, 0.5) is 0 Å². The van der Waals surface area contributed by atoms with Gasteiger partial charge >= 0.3 is 5.97 Å². The van der Waals surface area contributed by atoms with Crippen LogP contribution in [0.3, 0.4) is 0 Å². The molecule has 0 bridgehead atoms. The van der Waals surface area contributed by atoms with Gasteiger partial charge in [0.2, 0.25) is 0 Å². The average Bonchev–Trinajstić information content (AvgIpc) is 3.11. The second kappa shape index (κ2) is 45.8. The molecule has 0 aliphatic heterocycles. The summed E-state index contributed by atoms with van der Waals surface area (Å²) in [5.41, 5.74) is 0. The van der Waals surface area contributed by atoms with Gasteiger partial charge in [-0.3, -0.25) is 0 Å². The molecule has 0 aliphatic carbocycles. The van der Waals surface area contributed by atoms with E-state index in [2.05, 4.69) is 19.1 Å². The fourth-order valence-electron chi connectivity index (χ4n) is 4.59. The number of carboxylic acid groups (broad SMARTS) is 1. The number of carbonyl (C=O) groups is 1. The van der Waals surface area contributed by atoms with E-state index >= 15 is 0 Å². The van der Waals surface area contributed by atoms with Crippen molar-refractivity contribution in [2.24, 2.45) is 0 Å². The van der Waals surface area contributed by atoms with Crippen LogP contribution in [0.2, 0.25) is 0 Å². The minimum Gasteiger partial charge on any atom is -0.480 e. The molecule has 0 radical (unpaired) electrons. The molecule has 0 unspecified atom stereocenters. The van der Waals surface area contributed by atoms with Gasteiger partial charge in [-0.25, -0.2) is 4.79 Å². The van der Waals surface area contributed by atoms with Crippen molar-refractivity contribution in [3.05, 3.63) is 12.2 Å². The molecule has 1 N–H and O–H groups in total. The van der Waals surface area contributed by atoms with Gasteiger partial charge in [-0.2, -0.15) is 0 Å². The molecular weight excluding hydrogens is 648 g/mol. The van der Waals surface area contributed by atoms with Crippen molar-refractivity contribution in [3.8, 4) is 0 Å². The molecular formula is C38H74O12. The molecule has 0 saturated carbocycles. The lowest BCUT2D eigenvalue weighted by Crippen LogP contribution is -2.15. The number of hydrogen-bond donors (Lipinski definition) is 1. The molecule has 50 heavy (non-hydrogen) atoms. The van der Waals surface area contributed by atoms with Gasteiger partial charge in [-0.15, -0.1) is 0 Å². The van der Waals surface area contributed by atoms with Crippen LogP contribution in [-0.4, -0.2) is 143 Å². The molecule has 12 nitrogen and oxygen atoms in total. The minimum atomic E-state index is -0.991. The topological polar surface area (TPSA) is 130 Å². The Morgan fingerprint density at radius 2 is 0.620 bits per heavy atom. The Morgan fingerprint density at radius 3 is 0.940 bits per heavy atom. The van der Waals surface area contributed by atoms with E-state index in [1.54, 1.807) is 0 Å². The maximum atomic E-state index is 10.3. The molecule has 0 rings (SSSR count). The summed E-state index contributed by atoms with van der Waals surface area (Å²) in [4.78, 5) is 10.3. The molecule has 0 aliphatic rings. The van der Waals surface area contributed by atoms with Crippen molar-refractivity contribution in [2.75, 3.05) is 132 Å². The highest BCUT2D eigenvalue weighted by Crippen LogP contribution is 2.10. The summed E-state index contributed by atoms with van der Waals surface area (Å²) in [6.07, 6.45) is 23.2. The number of ether oxygens (including phenoxy) is 10. The van der Waals surface area contributed by atoms with E-state index in [-0.39, 0.29) is 13.2 Å². The van der Waals surface area contributed by atoms with Crippen LogP contribution < -0.4 is 0 Å². The highest BCUT2D eigenvalue weighted by atomic mass is 16.6. The molecule has 298 valence electrons. The van der Waals surface area contributed by atoms with Crippen LogP contribution in [0.5, 0.6) is 0 Å². The maximum Gasteiger partial charge on any atom is 0.329 e. The van der Waals surface area contributed by atoms with Gasteiger partial charge in [0, 0.05) is 6.61 Å². The zero-order valence-electron chi connectivity index (χ0n) is 31.6. The fourth-order valence-corrected chi connectivity index (χ4v) is 4.59. The molecule has 12 heteroatoms. The Kier molecular flexibility index (Phi) is 44.7. The van der Waals surface area contributed by atoms with Crippen LogP contribution in [0.25, 0.3) is 0 Å². The van der Waals surface area contributed by atoms with E-state index in [9.17, 15) is 4.79 Å². The molecule has 0 atom stereocenters. The van der Waals surface area contributed by atoms with Crippen molar-refractivity contribution >= 4 is 5.97 Å². The first kappa shape index (κ1) is 48.8. The molecule has 0 saturated heterocycles. The predicted molar refractivity (Wildman–Crippen MR) is 195 cm³/mol. The number of allylic oxidation sites excluding steroid dienone is 2. The van der Waals surface area contributed by atoms with Gasteiger partial charge in [0.05, 0.1) is 119 Å². The monoisotopic (exact) mass is 723 g/mol. The third-order valence-electron chi connectivity index (χ3n) is 7.37. The van der Waals surface area contributed by atoms with E-state index in [0.29, 0.717) is 112 Å². The molecule has 0 fully saturated rings. The lowest BCUT2D eigenvalue weighted by atomic mass is 10.1. The summed E-state index contributed by atoms with van der Waals surface area (Å²) < 4.78 is 54.1. The van der Waals surface area contributed by atoms with Gasteiger partial charge in [-0.05, 0) is 32.1 Å². The van der Waals surface area contributed by atoms with Crippen molar-refractivity contribution in [3.63, 3.8) is 0 Å². The highest BCUT2D eigenvalue weighted by molar-refractivity contribution is 5.67. The number of hydrogen-bond acceptors (Lipinski definition) is 11. The van der Waals surface area contributed by atoms with E-state index < -0.39 is 5.97 Å². The number of rotatable bonds is 45. The first-order chi connectivity index (χ1) is 24.8. The Labute approximate surface area is 304 Å². The number of carboxylic acids is 1. The summed E-state index contributed by atoms with van der Waals surface area (Å²) in [6, 6.07) is 0. The largest absolute Gasteiger partial charge is 0.480 e. The normalized spacial score (nSPS) is 11.7. The van der Waals surface area contributed by atoms with E-state index in [1.165, 1.54) is 83.5 Å². The van der Waals surface area contributed by atoms with E-state index in [0.717, 1.165) is 13.0 Å². The molecule has 0 spiro atoms. The second-order valence-electron chi connectivity index (χ2n) is 11.9. The van der Waals surface area contributed by atoms with Crippen LogP contribution >= 0.6 is 0 Å². The van der Waals surface area contributed by atoms with Gasteiger partial charge < -0.3 is 52.5 Å². The first-order valence-corrected chi connectivity index (χ1v) is 19.4. The summed E-state index contributed by atoms with van der Waals surface area (Å²) >= 11 is 0. The lowest BCUT2D eigenvalue weighted by molar-refractivity contribution is -0.142. The Bertz CT molecular complexity index is 668. The molecule has 0 aromatic carbocycles. The van der Waals surface area contributed by atoms with Gasteiger partial charge in [-0.1, -0.05) is 76.9 Å². The molecule has 0 aromatic rings. The third-order valence-corrected chi connectivity index (χ3v) is 7.37. The van der Waals surface area contributed by atoms with Crippen LogP contribution in [0.1, 0.15) is 96.8 Å². The van der Waals surface area contributed by atoms with Crippen molar-refractivity contribution in [1.29, 1.82) is 0 Å². The Hall–Kier alpha value is -1.19. The smallest absolute Gasteiger partial charge is 0.329 e. The SMILES string of the molecule is CCCCCCCCC=CCCCCCCCCOCCOCCOCCOCCOCCOCCOCCOCCOCCOCC(=O)O. The summed E-state index contributed by atoms with van der Waals surface area (Å²) in [5.74, 6) is -0.991. The van der Waals surface area contributed by atoms with Gasteiger partial charge in [0.1, 0.15) is 6.61 Å². The molecule has 0 aromatic heterocycles. The van der Waals surface area contributed by atoms with Crippen molar-refractivity contribution in [1.82, 2.24) is 0 Å². The number of unbranched alkanes of at least 4 members (excludes halogenated alkanes) is 12. The second-order valence-corrected chi connectivity index (χ2v) is 11.9. The fraction of sp³-hybridized carbons (Fsp3) is 0.921. The van der Waals surface area contributed by atoms with E-state index in [1.807, 2.05) is 0 Å². The summed E-state index contributed by atoms with van der Waals surface area (Å²) in [6.45, 7) is 11.6. The number of aliphatic carboxylic acids is 1. The zero-order chi connectivity index (χ0) is 36.1. The van der Waals surface area contributed by atoms with Gasteiger partial charge in [0.15, 0.2) is 0 Å². The maximum absolute atomic E-state index is 10.3. The van der Waals surface area contributed by atoms with Crippen molar-refractivity contribution < 1.29 is 57.3 Å². The lowest BCUT2D eigenvalue weighted by Gasteiger charge is -2.09. The highest BCUT2D eigenvalue weighted by Gasteiger charge is 1.98. The summed E-state index contributed by atoms with van der Waals surface area (Å²) in [5, 5.41) is 8.43. The Morgan fingerprint density at radius 1 is 0.360 bits per heavy atom. The van der Waals surface area contributed by atoms with Crippen LogP contribution in [-0.2, 0) is 52.2 Å².